The lowest BCUT2D eigenvalue weighted by Gasteiger charge is -2.38. The second-order valence-corrected chi connectivity index (χ2v) is 5.81. The molecule has 104 valence electrons. The Morgan fingerprint density at radius 1 is 1.22 bits per heavy atom. The third kappa shape index (κ3) is 3.45. The summed E-state index contributed by atoms with van der Waals surface area (Å²) in [5.74, 6) is 0.309. The maximum Gasteiger partial charge on any atom is 0.224 e. The first kappa shape index (κ1) is 13.8. The Labute approximate surface area is 110 Å². The molecular formula is C14H27N3O. The second-order valence-electron chi connectivity index (χ2n) is 5.81. The predicted octanol–water partition coefficient (Wildman–Crippen LogP) is 1.20. The van der Waals surface area contributed by atoms with E-state index in [2.05, 4.69) is 4.90 Å². The lowest BCUT2D eigenvalue weighted by Crippen LogP contribution is -2.52. The van der Waals surface area contributed by atoms with E-state index in [-0.39, 0.29) is 12.1 Å². The van der Waals surface area contributed by atoms with E-state index in [0.717, 1.165) is 25.9 Å². The minimum Gasteiger partial charge on any atom is -0.338 e. The summed E-state index contributed by atoms with van der Waals surface area (Å²) in [6.45, 7) is 6.21. The zero-order chi connectivity index (χ0) is 13.0. The molecule has 2 unspecified atom stereocenters. The van der Waals surface area contributed by atoms with Crippen LogP contribution in [0, 0.1) is 0 Å². The van der Waals surface area contributed by atoms with Gasteiger partial charge in [-0.1, -0.05) is 0 Å². The summed E-state index contributed by atoms with van der Waals surface area (Å²) in [4.78, 5) is 16.8. The molecule has 0 aromatic heterocycles. The lowest BCUT2D eigenvalue weighted by atomic mass is 9.96. The Morgan fingerprint density at radius 2 is 1.89 bits per heavy atom. The maximum absolute atomic E-state index is 12.3. The van der Waals surface area contributed by atoms with Gasteiger partial charge in [0.2, 0.25) is 5.91 Å². The summed E-state index contributed by atoms with van der Waals surface area (Å²) in [5, 5.41) is 0. The van der Waals surface area contributed by atoms with Gasteiger partial charge in [0.05, 0.1) is 0 Å². The van der Waals surface area contributed by atoms with Crippen LogP contribution >= 0.6 is 0 Å². The smallest absolute Gasteiger partial charge is 0.224 e. The van der Waals surface area contributed by atoms with Crippen LogP contribution in [0.4, 0.5) is 0 Å². The molecule has 2 aliphatic heterocycles. The van der Waals surface area contributed by atoms with Crippen LogP contribution in [0.15, 0.2) is 0 Å². The van der Waals surface area contributed by atoms with E-state index in [0.29, 0.717) is 12.3 Å². The molecule has 0 radical (unpaired) electrons. The Bertz CT molecular complexity index is 274. The fourth-order valence-corrected chi connectivity index (χ4v) is 3.22. The van der Waals surface area contributed by atoms with Gasteiger partial charge in [0.25, 0.3) is 0 Å². The van der Waals surface area contributed by atoms with Crippen molar-refractivity contribution < 1.29 is 4.79 Å². The summed E-state index contributed by atoms with van der Waals surface area (Å²) in [6.07, 6.45) is 6.68. The van der Waals surface area contributed by atoms with Gasteiger partial charge in [-0.3, -0.25) is 4.79 Å². The Hall–Kier alpha value is -0.610. The molecule has 4 heteroatoms. The molecule has 2 N–H and O–H groups in total. The van der Waals surface area contributed by atoms with Crippen molar-refractivity contribution in [1.29, 1.82) is 0 Å². The first-order valence-electron chi connectivity index (χ1n) is 7.46. The molecule has 2 heterocycles. The van der Waals surface area contributed by atoms with E-state index in [1.165, 1.54) is 32.4 Å². The van der Waals surface area contributed by atoms with E-state index in [9.17, 15) is 4.79 Å². The quantitative estimate of drug-likeness (QED) is 0.819. The van der Waals surface area contributed by atoms with Gasteiger partial charge in [-0.15, -0.1) is 0 Å². The summed E-state index contributed by atoms with van der Waals surface area (Å²) >= 11 is 0. The largest absolute Gasteiger partial charge is 0.338 e. The van der Waals surface area contributed by atoms with Crippen LogP contribution in [0.3, 0.4) is 0 Å². The van der Waals surface area contributed by atoms with Gasteiger partial charge in [-0.25, -0.2) is 0 Å². The number of piperidine rings is 1. The Morgan fingerprint density at radius 3 is 2.56 bits per heavy atom. The van der Waals surface area contributed by atoms with E-state index >= 15 is 0 Å². The van der Waals surface area contributed by atoms with Gasteiger partial charge < -0.3 is 15.5 Å². The maximum atomic E-state index is 12.3. The zero-order valence-electron chi connectivity index (χ0n) is 11.6. The van der Waals surface area contributed by atoms with Crippen LogP contribution in [0.25, 0.3) is 0 Å². The number of nitrogens with two attached hydrogens (primary N) is 1. The molecule has 18 heavy (non-hydrogen) atoms. The molecule has 2 aliphatic rings. The van der Waals surface area contributed by atoms with Crippen molar-refractivity contribution in [3.05, 3.63) is 0 Å². The fourth-order valence-electron chi connectivity index (χ4n) is 3.22. The van der Waals surface area contributed by atoms with E-state index in [4.69, 9.17) is 5.73 Å². The number of likely N-dealkylation sites (tertiary alicyclic amines) is 2. The first-order valence-corrected chi connectivity index (χ1v) is 7.46. The van der Waals surface area contributed by atoms with Gasteiger partial charge in [0, 0.05) is 31.6 Å². The zero-order valence-corrected chi connectivity index (χ0v) is 11.6. The van der Waals surface area contributed by atoms with E-state index < -0.39 is 0 Å². The van der Waals surface area contributed by atoms with Gasteiger partial charge in [-0.2, -0.15) is 0 Å². The van der Waals surface area contributed by atoms with Crippen LogP contribution in [0.2, 0.25) is 0 Å². The predicted molar refractivity (Wildman–Crippen MR) is 73.3 cm³/mol. The molecule has 2 rings (SSSR count). The Balaban J connectivity index is 1.81. The average Bonchev–Trinajstić information content (AvgIpc) is 2.89. The fraction of sp³-hybridized carbons (Fsp3) is 0.929. The Kier molecular flexibility index (Phi) is 5.01. The van der Waals surface area contributed by atoms with Crippen LogP contribution < -0.4 is 5.73 Å². The van der Waals surface area contributed by atoms with Crippen LogP contribution in [-0.4, -0.2) is 54.0 Å². The molecule has 0 aromatic rings. The SMILES string of the molecule is CC(N)C1CCCCN1C(=O)CCN1CCCC1. The number of carbonyl (C=O) groups is 1. The average molecular weight is 253 g/mol. The highest BCUT2D eigenvalue weighted by atomic mass is 16.2. The van der Waals surface area contributed by atoms with Gasteiger partial charge >= 0.3 is 0 Å². The van der Waals surface area contributed by atoms with Crippen molar-refractivity contribution in [2.24, 2.45) is 5.73 Å². The highest BCUT2D eigenvalue weighted by molar-refractivity contribution is 5.77. The van der Waals surface area contributed by atoms with Gasteiger partial charge in [-0.05, 0) is 52.1 Å². The minimum absolute atomic E-state index is 0.0982. The highest BCUT2D eigenvalue weighted by Crippen LogP contribution is 2.20. The molecule has 0 aliphatic carbocycles. The molecule has 2 saturated heterocycles. The van der Waals surface area contributed by atoms with Crippen molar-refractivity contribution >= 4 is 5.91 Å². The number of nitrogens with zero attached hydrogens (tertiary/aromatic N) is 2. The number of hydrogen-bond acceptors (Lipinski definition) is 3. The van der Waals surface area contributed by atoms with Crippen molar-refractivity contribution in [2.75, 3.05) is 26.2 Å². The van der Waals surface area contributed by atoms with Crippen molar-refractivity contribution in [2.45, 2.75) is 57.5 Å². The highest BCUT2D eigenvalue weighted by Gasteiger charge is 2.29. The van der Waals surface area contributed by atoms with Crippen molar-refractivity contribution in [1.82, 2.24) is 9.80 Å². The topological polar surface area (TPSA) is 49.6 Å². The first-order chi connectivity index (χ1) is 8.68. The molecule has 4 nitrogen and oxygen atoms in total. The summed E-state index contributed by atoms with van der Waals surface area (Å²) in [5.41, 5.74) is 6.01. The monoisotopic (exact) mass is 253 g/mol. The molecular weight excluding hydrogens is 226 g/mol. The number of amides is 1. The number of carbonyl (C=O) groups excluding carboxylic acids is 1. The van der Waals surface area contributed by atoms with Crippen LogP contribution in [0.5, 0.6) is 0 Å². The molecule has 2 atom stereocenters. The van der Waals surface area contributed by atoms with Gasteiger partial charge in [0.1, 0.15) is 0 Å². The second kappa shape index (κ2) is 6.53. The third-order valence-corrected chi connectivity index (χ3v) is 4.32. The van der Waals surface area contributed by atoms with Crippen molar-refractivity contribution in [3.63, 3.8) is 0 Å². The van der Waals surface area contributed by atoms with E-state index in [1.807, 2.05) is 11.8 Å². The third-order valence-electron chi connectivity index (χ3n) is 4.32. The lowest BCUT2D eigenvalue weighted by molar-refractivity contribution is -0.135. The number of hydrogen-bond donors (Lipinski definition) is 1. The normalized spacial score (nSPS) is 27.4. The molecule has 0 aromatic carbocycles. The summed E-state index contributed by atoms with van der Waals surface area (Å²) in [7, 11) is 0. The van der Waals surface area contributed by atoms with Crippen LogP contribution in [-0.2, 0) is 4.79 Å². The molecule has 0 saturated carbocycles. The number of rotatable bonds is 4. The van der Waals surface area contributed by atoms with Crippen molar-refractivity contribution in [3.8, 4) is 0 Å². The molecule has 0 bridgehead atoms. The standard InChI is InChI=1S/C14H27N3O/c1-12(15)13-6-2-3-10-17(13)14(18)7-11-16-8-4-5-9-16/h12-13H,2-11,15H2,1H3. The molecule has 0 spiro atoms. The summed E-state index contributed by atoms with van der Waals surface area (Å²) in [6, 6.07) is 0.367. The van der Waals surface area contributed by atoms with Gasteiger partial charge in [0.15, 0.2) is 0 Å². The summed E-state index contributed by atoms with van der Waals surface area (Å²) < 4.78 is 0. The minimum atomic E-state index is 0.0982. The molecule has 1 amide bonds. The molecule has 2 fully saturated rings. The van der Waals surface area contributed by atoms with Crippen LogP contribution in [0.1, 0.15) is 45.4 Å². The van der Waals surface area contributed by atoms with E-state index in [1.54, 1.807) is 0 Å².